The first-order chi connectivity index (χ1) is 17.8. The van der Waals surface area contributed by atoms with Crippen molar-refractivity contribution in [2.45, 2.75) is 9.79 Å². The van der Waals surface area contributed by atoms with Crippen molar-refractivity contribution >= 4 is 41.8 Å². The van der Waals surface area contributed by atoms with Crippen LogP contribution in [0.4, 0.5) is 8.78 Å². The Morgan fingerprint density at radius 1 is 0.500 bits per heavy atom. The maximum atomic E-state index is 13.1. The highest BCUT2D eigenvalue weighted by molar-refractivity contribution is 7.87. The van der Waals surface area contributed by atoms with Gasteiger partial charge in [0, 0.05) is 0 Å². The van der Waals surface area contributed by atoms with Crippen molar-refractivity contribution in [2.24, 2.45) is 0 Å². The SMILES string of the molecule is O=c1c2cc3c(=O)n(OS(=O)(=O)c4ccc(F)cc4)c(=O)c3cc2c(=O)n1OS(=O)(=O)c1ccc(F)cc1. The lowest BCUT2D eigenvalue weighted by Crippen LogP contribution is -2.36. The van der Waals surface area contributed by atoms with E-state index in [1.807, 2.05) is 0 Å². The zero-order valence-corrected chi connectivity index (χ0v) is 20.0. The van der Waals surface area contributed by atoms with E-state index in [1.54, 1.807) is 0 Å². The van der Waals surface area contributed by atoms with Crippen LogP contribution in [0.1, 0.15) is 0 Å². The Balaban J connectivity index is 1.61. The first-order valence-corrected chi connectivity index (χ1v) is 13.0. The van der Waals surface area contributed by atoms with Crippen LogP contribution in [0.3, 0.4) is 0 Å². The molecule has 0 radical (unpaired) electrons. The van der Waals surface area contributed by atoms with Gasteiger partial charge in [-0.3, -0.25) is 27.7 Å². The lowest BCUT2D eigenvalue weighted by molar-refractivity contribution is 0.263. The maximum absolute atomic E-state index is 13.1. The summed E-state index contributed by atoms with van der Waals surface area (Å²) in [6, 6.07) is 8.16. The van der Waals surface area contributed by atoms with Gasteiger partial charge in [-0.25, -0.2) is 8.78 Å². The van der Waals surface area contributed by atoms with Gasteiger partial charge in [0.15, 0.2) is 0 Å². The number of hydrogen-bond donors (Lipinski definition) is 0. The minimum Gasteiger partial charge on any atom is -0.277 e. The molecule has 0 amide bonds. The van der Waals surface area contributed by atoms with Crippen molar-refractivity contribution < 1.29 is 34.2 Å². The standard InChI is InChI=1S/C22H10F2N2O10S2/c23-11-1-5-13(6-2-11)37(31,32)35-25-19(27)15-9-17-18(10-16(15)20(25)28)22(30)26(21(17)29)36-38(33,34)14-7-3-12(24)4-8-14/h1-10H. The Bertz CT molecular complexity index is 1960. The van der Waals surface area contributed by atoms with Crippen molar-refractivity contribution in [1.29, 1.82) is 0 Å². The molecule has 5 aromatic rings. The molecule has 2 heterocycles. The first-order valence-electron chi connectivity index (χ1n) is 10.2. The van der Waals surface area contributed by atoms with E-state index < -0.39 is 85.4 Å². The molecule has 38 heavy (non-hydrogen) atoms. The van der Waals surface area contributed by atoms with Crippen LogP contribution in [0.5, 0.6) is 0 Å². The van der Waals surface area contributed by atoms with Gasteiger partial charge in [0.2, 0.25) is 0 Å². The summed E-state index contributed by atoms with van der Waals surface area (Å²) in [6.45, 7) is 0. The second-order valence-corrected chi connectivity index (χ2v) is 10.8. The van der Waals surface area contributed by atoms with Gasteiger partial charge in [-0.05, 0) is 60.7 Å². The summed E-state index contributed by atoms with van der Waals surface area (Å²) in [5.41, 5.74) is -5.23. The number of nitrogens with zero attached hydrogens (tertiary/aromatic N) is 2. The van der Waals surface area contributed by atoms with E-state index in [1.165, 1.54) is 0 Å². The molecule has 0 spiro atoms. The number of aromatic nitrogens is 2. The Morgan fingerprint density at radius 2 is 0.763 bits per heavy atom. The molecule has 0 bridgehead atoms. The van der Waals surface area contributed by atoms with Crippen molar-refractivity contribution in [3.05, 3.63) is 114 Å². The van der Waals surface area contributed by atoms with Crippen molar-refractivity contribution in [1.82, 2.24) is 9.46 Å². The highest BCUT2D eigenvalue weighted by Crippen LogP contribution is 2.16. The highest BCUT2D eigenvalue weighted by Gasteiger charge is 2.27. The summed E-state index contributed by atoms with van der Waals surface area (Å²) in [4.78, 5) is 49.9. The van der Waals surface area contributed by atoms with E-state index in [0.717, 1.165) is 60.7 Å². The molecule has 0 unspecified atom stereocenters. The molecule has 194 valence electrons. The summed E-state index contributed by atoms with van der Waals surface area (Å²) in [7, 11) is -9.54. The summed E-state index contributed by atoms with van der Waals surface area (Å²) in [5.74, 6) is -1.51. The number of hydrogen-bond acceptors (Lipinski definition) is 10. The van der Waals surface area contributed by atoms with Gasteiger partial charge < -0.3 is 0 Å². The minimum absolute atomic E-state index is 0.110. The Hall–Kier alpha value is -4.70. The quantitative estimate of drug-likeness (QED) is 0.270. The van der Waals surface area contributed by atoms with Crippen LogP contribution in [0, 0.1) is 11.6 Å². The molecular formula is C22H10F2N2O10S2. The smallest absolute Gasteiger partial charge is 0.277 e. The number of fused-ring (bicyclic) bond motifs is 2. The molecule has 0 fully saturated rings. The van der Waals surface area contributed by atoms with E-state index in [2.05, 4.69) is 8.57 Å². The number of halogens is 2. The Kier molecular flexibility index (Phi) is 5.53. The van der Waals surface area contributed by atoms with E-state index in [0.29, 0.717) is 0 Å². The van der Waals surface area contributed by atoms with Crippen molar-refractivity contribution in [3.8, 4) is 0 Å². The molecule has 3 aromatic carbocycles. The van der Waals surface area contributed by atoms with Crippen molar-refractivity contribution in [2.75, 3.05) is 0 Å². The molecule has 0 aliphatic heterocycles. The summed E-state index contributed by atoms with van der Waals surface area (Å²) in [5, 5.41) is -2.08. The largest absolute Gasteiger partial charge is 0.357 e. The fraction of sp³-hybridized carbons (Fsp3) is 0. The lowest BCUT2D eigenvalue weighted by atomic mass is 10.1. The second-order valence-electron chi connectivity index (χ2n) is 7.72. The van der Waals surface area contributed by atoms with Crippen LogP contribution in [0.2, 0.25) is 0 Å². The van der Waals surface area contributed by atoms with Crippen LogP contribution in [0.25, 0.3) is 21.5 Å². The molecule has 0 N–H and O–H groups in total. The second kappa shape index (κ2) is 8.42. The molecule has 0 aliphatic rings. The van der Waals surface area contributed by atoms with E-state index in [9.17, 15) is 44.8 Å². The molecule has 12 nitrogen and oxygen atoms in total. The van der Waals surface area contributed by atoms with Crippen LogP contribution in [0.15, 0.2) is 89.6 Å². The maximum Gasteiger partial charge on any atom is 0.357 e. The Morgan fingerprint density at radius 3 is 1.03 bits per heavy atom. The molecule has 0 saturated carbocycles. The Labute approximate surface area is 209 Å². The normalized spacial score (nSPS) is 12.3. The van der Waals surface area contributed by atoms with E-state index in [4.69, 9.17) is 0 Å². The van der Waals surface area contributed by atoms with Gasteiger partial charge in [0.25, 0.3) is 22.2 Å². The predicted molar refractivity (Wildman–Crippen MR) is 125 cm³/mol. The molecule has 0 atom stereocenters. The van der Waals surface area contributed by atoms with Gasteiger partial charge in [-0.1, -0.05) is 9.46 Å². The van der Waals surface area contributed by atoms with Gasteiger partial charge in [-0.15, -0.1) is 0 Å². The van der Waals surface area contributed by atoms with E-state index in [-0.39, 0.29) is 9.46 Å². The van der Waals surface area contributed by atoms with Crippen LogP contribution < -0.4 is 30.8 Å². The van der Waals surface area contributed by atoms with Crippen LogP contribution in [-0.4, -0.2) is 26.3 Å². The zero-order valence-electron chi connectivity index (χ0n) is 18.3. The molecule has 2 aromatic heterocycles. The van der Waals surface area contributed by atoms with Crippen molar-refractivity contribution in [3.63, 3.8) is 0 Å². The third kappa shape index (κ3) is 3.95. The van der Waals surface area contributed by atoms with Gasteiger partial charge >= 0.3 is 20.2 Å². The van der Waals surface area contributed by atoms with Gasteiger partial charge in [-0.2, -0.15) is 16.8 Å². The summed E-state index contributed by atoms with van der Waals surface area (Å²) >= 11 is 0. The van der Waals surface area contributed by atoms with Crippen LogP contribution >= 0.6 is 0 Å². The average Bonchev–Trinajstić information content (AvgIpc) is 3.23. The molecule has 16 heteroatoms. The highest BCUT2D eigenvalue weighted by atomic mass is 32.2. The van der Waals surface area contributed by atoms with Gasteiger partial charge in [0.05, 0.1) is 21.5 Å². The summed E-state index contributed by atoms with van der Waals surface area (Å²) in [6.07, 6.45) is 0. The third-order valence-electron chi connectivity index (χ3n) is 5.37. The molecule has 0 aliphatic carbocycles. The monoisotopic (exact) mass is 564 g/mol. The fourth-order valence-electron chi connectivity index (χ4n) is 3.55. The lowest BCUT2D eigenvalue weighted by Gasteiger charge is -2.05. The zero-order chi connectivity index (χ0) is 27.6. The predicted octanol–water partition coefficient (Wildman–Crippen LogP) is -0.174. The average molecular weight is 564 g/mol. The third-order valence-corrected chi connectivity index (χ3v) is 7.76. The number of benzene rings is 3. The van der Waals surface area contributed by atoms with Gasteiger partial charge in [0.1, 0.15) is 21.4 Å². The van der Waals surface area contributed by atoms with Crippen LogP contribution in [-0.2, 0) is 20.2 Å². The molecule has 5 rings (SSSR count). The topological polar surface area (TPSA) is 165 Å². The fourth-order valence-corrected chi connectivity index (χ4v) is 5.32. The number of rotatable bonds is 6. The molecular weight excluding hydrogens is 554 g/mol. The first kappa shape index (κ1) is 25.0. The summed E-state index contributed by atoms with van der Waals surface area (Å²) < 4.78 is 85.1. The minimum atomic E-state index is -4.77. The van der Waals surface area contributed by atoms with E-state index >= 15 is 0 Å². The molecule has 0 saturated heterocycles.